The Hall–Kier alpha value is -0.760. The maximum absolute atomic E-state index is 12.9. The number of ether oxygens (including phenoxy) is 3. The zero-order chi connectivity index (χ0) is 13.5. The number of carbonyl (C=O) groups excluding carboxylic acids is 1. The van der Waals surface area contributed by atoms with Crippen LogP contribution in [0, 0.1) is 0 Å². The molecular weight excluding hydrogens is 243 g/mol. The van der Waals surface area contributed by atoms with E-state index in [2.05, 4.69) is 10.6 Å². The highest BCUT2D eigenvalue weighted by molar-refractivity contribution is 5.45. The molecule has 0 bridgehead atoms. The summed E-state index contributed by atoms with van der Waals surface area (Å²) in [5.41, 5.74) is 0. The van der Waals surface area contributed by atoms with Gasteiger partial charge in [0.05, 0.1) is 46.2 Å². The fourth-order valence-corrected chi connectivity index (χ4v) is 1.06. The molecule has 1 unspecified atom stereocenters. The highest BCUT2D eigenvalue weighted by Crippen LogP contribution is 1.90. The Labute approximate surface area is 107 Å². The van der Waals surface area contributed by atoms with Gasteiger partial charge in [-0.25, -0.2) is 4.39 Å². The second-order valence-electron chi connectivity index (χ2n) is 3.53. The van der Waals surface area contributed by atoms with E-state index in [-0.39, 0.29) is 13.2 Å². The second kappa shape index (κ2) is 14.3. The van der Waals surface area contributed by atoms with Crippen molar-refractivity contribution in [3.8, 4) is 0 Å². The molecule has 0 radical (unpaired) electrons. The molecule has 108 valence electrons. The Kier molecular flexibility index (Phi) is 13.7. The summed E-state index contributed by atoms with van der Waals surface area (Å²) in [5.74, 6) is 0. The average molecular weight is 266 g/mol. The summed E-state index contributed by atoms with van der Waals surface area (Å²) in [6.45, 7) is 3.18. The van der Waals surface area contributed by atoms with Crippen molar-refractivity contribution >= 4 is 6.41 Å². The van der Waals surface area contributed by atoms with E-state index in [0.29, 0.717) is 39.4 Å². The molecule has 0 saturated carbocycles. The molecule has 7 heteroatoms. The van der Waals surface area contributed by atoms with Gasteiger partial charge in [-0.2, -0.15) is 0 Å². The summed E-state index contributed by atoms with van der Waals surface area (Å²) in [5, 5.41) is 5.21. The van der Waals surface area contributed by atoms with Crippen LogP contribution in [0.2, 0.25) is 0 Å². The zero-order valence-electron chi connectivity index (χ0n) is 10.8. The number of amides is 1. The van der Waals surface area contributed by atoms with Crippen LogP contribution in [0.25, 0.3) is 0 Å². The first-order valence-corrected chi connectivity index (χ1v) is 6.00. The standard InChI is InChI=1S/C11H23FN2O4/c1-13-2-3-16-4-5-17-6-7-18-9-11(12)8-14-10-15/h10-11,13H,2-9H2,1H3,(H,14,15). The number of rotatable bonds is 14. The molecule has 0 spiro atoms. The minimum atomic E-state index is -1.18. The second-order valence-corrected chi connectivity index (χ2v) is 3.53. The molecule has 0 heterocycles. The van der Waals surface area contributed by atoms with Crippen molar-refractivity contribution in [2.75, 3.05) is 59.8 Å². The van der Waals surface area contributed by atoms with Crippen LogP contribution in [0.4, 0.5) is 4.39 Å². The van der Waals surface area contributed by atoms with E-state index in [0.717, 1.165) is 6.54 Å². The summed E-state index contributed by atoms with van der Waals surface area (Å²) < 4.78 is 28.4. The molecule has 0 aromatic rings. The first-order chi connectivity index (χ1) is 8.81. The summed E-state index contributed by atoms with van der Waals surface area (Å²) >= 11 is 0. The third-order valence-corrected chi connectivity index (χ3v) is 1.96. The van der Waals surface area contributed by atoms with E-state index in [1.165, 1.54) is 0 Å². The van der Waals surface area contributed by atoms with Crippen LogP contribution in [0.1, 0.15) is 0 Å². The average Bonchev–Trinajstić information content (AvgIpc) is 2.38. The molecule has 0 fully saturated rings. The van der Waals surface area contributed by atoms with Crippen LogP contribution in [0.3, 0.4) is 0 Å². The van der Waals surface area contributed by atoms with Gasteiger partial charge < -0.3 is 24.8 Å². The van der Waals surface area contributed by atoms with E-state index in [9.17, 15) is 9.18 Å². The number of carbonyl (C=O) groups is 1. The van der Waals surface area contributed by atoms with Crippen LogP contribution < -0.4 is 10.6 Å². The largest absolute Gasteiger partial charge is 0.378 e. The van der Waals surface area contributed by atoms with Gasteiger partial charge >= 0.3 is 0 Å². The van der Waals surface area contributed by atoms with Crippen LogP contribution >= 0.6 is 0 Å². The van der Waals surface area contributed by atoms with Crippen molar-refractivity contribution in [1.82, 2.24) is 10.6 Å². The van der Waals surface area contributed by atoms with Gasteiger partial charge in [-0.05, 0) is 7.05 Å². The van der Waals surface area contributed by atoms with Gasteiger partial charge in [0, 0.05) is 6.54 Å². The van der Waals surface area contributed by atoms with Gasteiger partial charge in [0.2, 0.25) is 6.41 Å². The molecule has 0 aromatic carbocycles. The van der Waals surface area contributed by atoms with Gasteiger partial charge in [0.1, 0.15) is 6.17 Å². The van der Waals surface area contributed by atoms with Crippen LogP contribution in [-0.4, -0.2) is 72.4 Å². The van der Waals surface area contributed by atoms with Gasteiger partial charge in [0.25, 0.3) is 0 Å². The van der Waals surface area contributed by atoms with Crippen LogP contribution in [0.15, 0.2) is 0 Å². The molecule has 0 aliphatic rings. The number of alkyl halides is 1. The molecule has 0 rings (SSSR count). The molecular formula is C11H23FN2O4. The van der Waals surface area contributed by atoms with E-state index in [4.69, 9.17) is 14.2 Å². The highest BCUT2D eigenvalue weighted by atomic mass is 19.1. The third-order valence-electron chi connectivity index (χ3n) is 1.96. The predicted molar refractivity (Wildman–Crippen MR) is 65.3 cm³/mol. The molecule has 18 heavy (non-hydrogen) atoms. The molecule has 0 aliphatic carbocycles. The lowest BCUT2D eigenvalue weighted by atomic mass is 10.4. The third kappa shape index (κ3) is 13.3. The Morgan fingerprint density at radius 2 is 1.72 bits per heavy atom. The first-order valence-electron chi connectivity index (χ1n) is 6.00. The topological polar surface area (TPSA) is 68.8 Å². The van der Waals surface area contributed by atoms with Gasteiger partial charge in [-0.15, -0.1) is 0 Å². The van der Waals surface area contributed by atoms with Crippen molar-refractivity contribution < 1.29 is 23.4 Å². The number of nitrogens with one attached hydrogen (secondary N) is 2. The van der Waals surface area contributed by atoms with Crippen molar-refractivity contribution in [3.63, 3.8) is 0 Å². The molecule has 6 nitrogen and oxygen atoms in total. The quantitative estimate of drug-likeness (QED) is 0.323. The molecule has 1 atom stereocenters. The van der Waals surface area contributed by atoms with Crippen LogP contribution in [0.5, 0.6) is 0 Å². The van der Waals surface area contributed by atoms with Crippen LogP contribution in [-0.2, 0) is 19.0 Å². The molecule has 0 aliphatic heterocycles. The van der Waals surface area contributed by atoms with Crippen molar-refractivity contribution in [1.29, 1.82) is 0 Å². The lowest BCUT2D eigenvalue weighted by Gasteiger charge is -2.09. The van der Waals surface area contributed by atoms with E-state index in [1.807, 2.05) is 7.05 Å². The Bertz CT molecular complexity index is 186. The minimum Gasteiger partial charge on any atom is -0.378 e. The fourth-order valence-electron chi connectivity index (χ4n) is 1.06. The Morgan fingerprint density at radius 1 is 1.11 bits per heavy atom. The van der Waals surface area contributed by atoms with E-state index < -0.39 is 6.17 Å². The number of halogens is 1. The maximum atomic E-state index is 12.9. The fraction of sp³-hybridized carbons (Fsp3) is 0.909. The van der Waals surface area contributed by atoms with E-state index in [1.54, 1.807) is 0 Å². The predicted octanol–water partition coefficient (Wildman–Crippen LogP) is -0.660. The number of hydrogen-bond acceptors (Lipinski definition) is 5. The Balaban J connectivity index is 3.04. The zero-order valence-corrected chi connectivity index (χ0v) is 10.8. The van der Waals surface area contributed by atoms with Crippen molar-refractivity contribution in [3.05, 3.63) is 0 Å². The SMILES string of the molecule is CNCCOCCOCCOCC(F)CNC=O. The van der Waals surface area contributed by atoms with Crippen molar-refractivity contribution in [2.45, 2.75) is 6.17 Å². The lowest BCUT2D eigenvalue weighted by Crippen LogP contribution is -2.26. The summed E-state index contributed by atoms with van der Waals surface area (Å²) in [6, 6.07) is 0. The molecule has 0 saturated heterocycles. The summed E-state index contributed by atoms with van der Waals surface area (Å²) in [4.78, 5) is 9.90. The molecule has 0 aromatic heterocycles. The van der Waals surface area contributed by atoms with Crippen molar-refractivity contribution in [2.24, 2.45) is 0 Å². The van der Waals surface area contributed by atoms with E-state index >= 15 is 0 Å². The Morgan fingerprint density at radius 3 is 2.33 bits per heavy atom. The number of hydrogen-bond donors (Lipinski definition) is 2. The minimum absolute atomic E-state index is 0.0241. The lowest BCUT2D eigenvalue weighted by molar-refractivity contribution is -0.109. The maximum Gasteiger partial charge on any atom is 0.207 e. The highest BCUT2D eigenvalue weighted by Gasteiger charge is 2.04. The smallest absolute Gasteiger partial charge is 0.207 e. The number of likely N-dealkylation sites (N-methyl/N-ethyl adjacent to an activating group) is 1. The molecule has 1 amide bonds. The summed E-state index contributed by atoms with van der Waals surface area (Å²) in [7, 11) is 1.86. The van der Waals surface area contributed by atoms with Gasteiger partial charge in [-0.1, -0.05) is 0 Å². The summed E-state index contributed by atoms with van der Waals surface area (Å²) in [6.07, 6.45) is -0.718. The molecule has 2 N–H and O–H groups in total. The van der Waals surface area contributed by atoms with Gasteiger partial charge in [-0.3, -0.25) is 4.79 Å². The normalized spacial score (nSPS) is 12.3. The van der Waals surface area contributed by atoms with Gasteiger partial charge in [0.15, 0.2) is 0 Å². The monoisotopic (exact) mass is 266 g/mol. The first kappa shape index (κ1) is 17.2.